The summed E-state index contributed by atoms with van der Waals surface area (Å²) in [5.41, 5.74) is 1.10. The Morgan fingerprint density at radius 2 is 1.78 bits per heavy atom. The zero-order chi connectivity index (χ0) is 26.4. The molecule has 0 amide bonds. The fourth-order valence-electron chi connectivity index (χ4n) is 5.63. The summed E-state index contributed by atoms with van der Waals surface area (Å²) in [7, 11) is -3.39. The van der Waals surface area contributed by atoms with Crippen molar-refractivity contribution in [1.82, 2.24) is 14.3 Å². The Balaban J connectivity index is 1.23. The van der Waals surface area contributed by atoms with Gasteiger partial charge < -0.3 is 14.7 Å². The average molecular weight is 543 g/mol. The molecule has 208 valence electrons. The number of aliphatic hydroxyl groups excluding tert-OH is 1. The number of alkyl halides is 1. The van der Waals surface area contributed by atoms with Gasteiger partial charge in [-0.3, -0.25) is 0 Å². The summed E-state index contributed by atoms with van der Waals surface area (Å²) in [6.07, 6.45) is 6.84. The van der Waals surface area contributed by atoms with Crippen molar-refractivity contribution in [2.45, 2.75) is 64.1 Å². The van der Waals surface area contributed by atoms with Crippen LogP contribution >= 0.6 is 0 Å². The number of aromatic nitrogens is 2. The molecule has 1 aromatic heterocycles. The van der Waals surface area contributed by atoms with Gasteiger partial charge in [0.05, 0.1) is 12.4 Å². The Labute approximate surface area is 219 Å². The smallest absolute Gasteiger partial charge is 0.225 e. The first-order chi connectivity index (χ1) is 17.8. The van der Waals surface area contributed by atoms with Gasteiger partial charge in [0.2, 0.25) is 16.0 Å². The summed E-state index contributed by atoms with van der Waals surface area (Å²) in [6, 6.07) is 0. The molecule has 0 radical (unpaired) electrons. The fraction of sp³-hybridized carbons (Fsp3) is 0.769. The van der Waals surface area contributed by atoms with Gasteiger partial charge in [0, 0.05) is 45.2 Å². The van der Waals surface area contributed by atoms with Crippen LogP contribution in [0.15, 0.2) is 24.3 Å². The number of nitrogens with zero attached hydrogens (tertiary/aromatic N) is 4. The molecule has 1 aliphatic carbocycles. The lowest BCUT2D eigenvalue weighted by Crippen LogP contribution is -2.43. The van der Waals surface area contributed by atoms with Crippen LogP contribution in [0.25, 0.3) is 0 Å². The second-order valence-corrected chi connectivity index (χ2v) is 12.6. The number of ether oxygens (including phenoxy) is 1. The molecular formula is C26H40F2N4O4S. The second-order valence-electron chi connectivity index (χ2n) is 10.5. The van der Waals surface area contributed by atoms with Crippen LogP contribution in [0.3, 0.4) is 0 Å². The van der Waals surface area contributed by atoms with E-state index in [9.17, 15) is 12.8 Å². The maximum atomic E-state index is 15.0. The number of hydrogen-bond donors (Lipinski definition) is 1. The molecule has 0 saturated carbocycles. The average Bonchev–Trinajstić information content (AvgIpc) is 2.92. The van der Waals surface area contributed by atoms with Crippen molar-refractivity contribution >= 4 is 16.0 Å². The second kappa shape index (κ2) is 12.9. The van der Waals surface area contributed by atoms with Crippen molar-refractivity contribution in [3.05, 3.63) is 29.9 Å². The van der Waals surface area contributed by atoms with Crippen LogP contribution in [-0.2, 0) is 21.2 Å². The fourth-order valence-corrected chi connectivity index (χ4v) is 7.15. The molecule has 1 N–H and O–H groups in total. The van der Waals surface area contributed by atoms with Gasteiger partial charge in [-0.25, -0.2) is 31.5 Å². The van der Waals surface area contributed by atoms with Crippen molar-refractivity contribution in [3.8, 4) is 0 Å². The van der Waals surface area contributed by atoms with Crippen LogP contribution in [-0.4, -0.2) is 85.2 Å². The third-order valence-electron chi connectivity index (χ3n) is 8.04. The molecule has 11 heteroatoms. The lowest BCUT2D eigenvalue weighted by atomic mass is 9.78. The Bertz CT molecular complexity index is 994. The van der Waals surface area contributed by atoms with Crippen LogP contribution in [0.1, 0.15) is 51.0 Å². The first kappa shape index (κ1) is 28.3. The zero-order valence-electron chi connectivity index (χ0n) is 21.6. The molecule has 3 unspecified atom stereocenters. The van der Waals surface area contributed by atoms with Crippen LogP contribution in [0.4, 0.5) is 14.7 Å². The number of piperidine rings is 2. The van der Waals surface area contributed by atoms with Crippen molar-refractivity contribution in [1.29, 1.82) is 0 Å². The predicted octanol–water partition coefficient (Wildman–Crippen LogP) is 3.28. The molecule has 3 aliphatic rings. The molecule has 1 aromatic rings. The summed E-state index contributed by atoms with van der Waals surface area (Å²) >= 11 is 0. The summed E-state index contributed by atoms with van der Waals surface area (Å²) in [4.78, 5) is 11.0. The maximum absolute atomic E-state index is 15.0. The van der Waals surface area contributed by atoms with Crippen molar-refractivity contribution < 1.29 is 27.0 Å². The number of halogens is 2. The van der Waals surface area contributed by atoms with E-state index in [0.29, 0.717) is 32.5 Å². The van der Waals surface area contributed by atoms with Gasteiger partial charge in [-0.2, -0.15) is 0 Å². The van der Waals surface area contributed by atoms with Crippen molar-refractivity contribution in [3.63, 3.8) is 0 Å². The van der Waals surface area contributed by atoms with Gasteiger partial charge in [-0.05, 0) is 74.3 Å². The van der Waals surface area contributed by atoms with Gasteiger partial charge in [-0.1, -0.05) is 6.92 Å². The minimum Gasteiger partial charge on any atom is -0.396 e. The lowest BCUT2D eigenvalue weighted by molar-refractivity contribution is -0.0279. The monoisotopic (exact) mass is 542 g/mol. The SMILES string of the molecule is CCc1cnc(N2CCC(COC3C(F)=CC(C4CCN(S(=O)(=O)CCCO)CC4)CC3F)CC2)nc1. The van der Waals surface area contributed by atoms with E-state index < -0.39 is 28.1 Å². The minimum absolute atomic E-state index is 0.0483. The topological polar surface area (TPSA) is 95.9 Å². The largest absolute Gasteiger partial charge is 0.396 e. The Morgan fingerprint density at radius 3 is 2.38 bits per heavy atom. The van der Waals surface area contributed by atoms with Crippen LogP contribution in [0, 0.1) is 17.8 Å². The molecular weight excluding hydrogens is 502 g/mol. The molecule has 2 fully saturated rings. The molecule has 2 saturated heterocycles. The highest BCUT2D eigenvalue weighted by Crippen LogP contribution is 2.38. The van der Waals surface area contributed by atoms with E-state index in [2.05, 4.69) is 21.8 Å². The molecule has 4 rings (SSSR count). The highest BCUT2D eigenvalue weighted by Gasteiger charge is 2.39. The van der Waals surface area contributed by atoms with Gasteiger partial charge in [0.25, 0.3) is 0 Å². The van der Waals surface area contributed by atoms with E-state index in [-0.39, 0.29) is 43.0 Å². The predicted molar refractivity (Wildman–Crippen MR) is 138 cm³/mol. The van der Waals surface area contributed by atoms with E-state index in [1.165, 1.54) is 10.4 Å². The zero-order valence-corrected chi connectivity index (χ0v) is 22.5. The Morgan fingerprint density at radius 1 is 1.11 bits per heavy atom. The highest BCUT2D eigenvalue weighted by atomic mass is 32.2. The minimum atomic E-state index is -3.39. The number of anilines is 1. The number of sulfonamides is 1. The Kier molecular flexibility index (Phi) is 9.88. The van der Waals surface area contributed by atoms with Gasteiger partial charge >= 0.3 is 0 Å². The van der Waals surface area contributed by atoms with Crippen molar-refractivity contribution in [2.24, 2.45) is 17.8 Å². The summed E-state index contributed by atoms with van der Waals surface area (Å²) in [5, 5.41) is 8.91. The number of aliphatic hydroxyl groups is 1. The van der Waals surface area contributed by atoms with Gasteiger partial charge in [0.1, 0.15) is 18.1 Å². The van der Waals surface area contributed by atoms with Crippen LogP contribution in [0.5, 0.6) is 0 Å². The molecule has 3 atom stereocenters. The molecule has 2 aliphatic heterocycles. The van der Waals surface area contributed by atoms with E-state index in [1.807, 2.05) is 12.4 Å². The number of hydrogen-bond acceptors (Lipinski definition) is 7. The van der Waals surface area contributed by atoms with Crippen LogP contribution < -0.4 is 4.90 Å². The summed E-state index contributed by atoms with van der Waals surface area (Å²) < 4.78 is 61.9. The lowest BCUT2D eigenvalue weighted by Gasteiger charge is -2.38. The standard InChI is InChI=1S/C26H40F2N4O4S/c1-2-19-16-29-26(30-17-19)31-8-4-20(5-9-31)18-36-25-23(27)14-22(15-24(25)28)21-6-10-32(11-7-21)37(34,35)13-3-12-33/h14,16-17,20-22,24-25,33H,2-13,15,18H2,1H3. The third-order valence-corrected chi connectivity index (χ3v) is 9.99. The number of allylic oxidation sites excluding steroid dienone is 1. The number of rotatable bonds is 10. The van der Waals surface area contributed by atoms with Crippen LogP contribution in [0.2, 0.25) is 0 Å². The first-order valence-electron chi connectivity index (χ1n) is 13.6. The molecule has 0 bridgehead atoms. The van der Waals surface area contributed by atoms with Crippen molar-refractivity contribution in [2.75, 3.05) is 50.0 Å². The Hall–Kier alpha value is -1.69. The number of aryl methyl sites for hydroxylation is 1. The van der Waals surface area contributed by atoms with E-state index in [1.54, 1.807) is 0 Å². The van der Waals surface area contributed by atoms with E-state index >= 15 is 4.39 Å². The van der Waals surface area contributed by atoms with E-state index in [4.69, 9.17) is 9.84 Å². The molecule has 3 heterocycles. The highest BCUT2D eigenvalue weighted by molar-refractivity contribution is 7.89. The van der Waals surface area contributed by atoms with E-state index in [0.717, 1.165) is 43.9 Å². The maximum Gasteiger partial charge on any atom is 0.225 e. The summed E-state index contributed by atoms with van der Waals surface area (Å²) in [6.45, 7) is 4.52. The molecule has 8 nitrogen and oxygen atoms in total. The molecule has 0 aromatic carbocycles. The summed E-state index contributed by atoms with van der Waals surface area (Å²) in [5.74, 6) is 0.147. The quantitative estimate of drug-likeness (QED) is 0.485. The molecule has 37 heavy (non-hydrogen) atoms. The van der Waals surface area contributed by atoms with Gasteiger partial charge in [0.15, 0.2) is 0 Å². The van der Waals surface area contributed by atoms with Gasteiger partial charge in [-0.15, -0.1) is 0 Å². The molecule has 0 spiro atoms. The normalized spacial score (nSPS) is 26.9. The third kappa shape index (κ3) is 7.25. The first-order valence-corrected chi connectivity index (χ1v) is 15.2.